The van der Waals surface area contributed by atoms with Gasteiger partial charge in [-0.25, -0.2) is 0 Å². The largest absolute Gasteiger partial charge is 0.383 e. The number of anilines is 1. The van der Waals surface area contributed by atoms with E-state index in [9.17, 15) is 9.59 Å². The minimum atomic E-state index is -0.325. The predicted molar refractivity (Wildman–Crippen MR) is 118 cm³/mol. The number of aryl methyl sites for hydroxylation is 1. The van der Waals surface area contributed by atoms with Crippen molar-refractivity contribution in [2.45, 2.75) is 44.7 Å². The van der Waals surface area contributed by atoms with Gasteiger partial charge in [0.1, 0.15) is 6.04 Å². The molecule has 3 aliphatic rings. The molecule has 0 unspecified atom stereocenters. The van der Waals surface area contributed by atoms with Crippen LogP contribution in [0, 0.1) is 18.8 Å². The zero-order valence-corrected chi connectivity index (χ0v) is 18.4. The van der Waals surface area contributed by atoms with E-state index in [1.54, 1.807) is 6.20 Å². The average molecular weight is 444 g/mol. The van der Waals surface area contributed by atoms with Crippen molar-refractivity contribution in [3.63, 3.8) is 0 Å². The van der Waals surface area contributed by atoms with Crippen LogP contribution in [0.25, 0.3) is 0 Å². The molecular weight excluding hydrogens is 413 g/mol. The van der Waals surface area contributed by atoms with Crippen molar-refractivity contribution in [1.82, 2.24) is 20.5 Å². The minimum Gasteiger partial charge on any atom is -0.383 e. The summed E-state index contributed by atoms with van der Waals surface area (Å²) in [5, 5.41) is 9.87. The van der Waals surface area contributed by atoms with Crippen LogP contribution >= 0.6 is 24.8 Å². The fraction of sp³-hybridized carbons (Fsp3) is 0.650. The Morgan fingerprint density at radius 2 is 2.07 bits per heavy atom. The fourth-order valence-corrected chi connectivity index (χ4v) is 5.01. The second-order valence-electron chi connectivity index (χ2n) is 8.03. The van der Waals surface area contributed by atoms with Gasteiger partial charge in [-0.2, -0.15) is 0 Å². The number of halogens is 2. The van der Waals surface area contributed by atoms with Crippen molar-refractivity contribution < 1.29 is 9.59 Å². The smallest absolute Gasteiger partial charge is 0.243 e. The molecule has 4 atom stereocenters. The van der Waals surface area contributed by atoms with E-state index >= 15 is 0 Å². The first kappa shape index (κ1) is 23.7. The van der Waals surface area contributed by atoms with Crippen molar-refractivity contribution in [2.24, 2.45) is 11.8 Å². The minimum absolute atomic E-state index is 0. The van der Waals surface area contributed by atoms with Crippen LogP contribution in [0.3, 0.4) is 0 Å². The highest BCUT2D eigenvalue weighted by molar-refractivity contribution is 5.89. The quantitative estimate of drug-likeness (QED) is 0.603. The Kier molecular flexibility index (Phi) is 8.55. The lowest BCUT2D eigenvalue weighted by molar-refractivity contribution is -0.157. The molecule has 0 saturated carbocycles. The lowest BCUT2D eigenvalue weighted by atomic mass is 9.72. The first-order valence-corrected chi connectivity index (χ1v) is 10.1. The van der Waals surface area contributed by atoms with E-state index in [1.165, 1.54) is 0 Å². The maximum absolute atomic E-state index is 13.0. The number of carbonyl (C=O) groups is 2. The third-order valence-corrected chi connectivity index (χ3v) is 6.27. The van der Waals surface area contributed by atoms with Crippen molar-refractivity contribution in [2.75, 3.05) is 31.5 Å². The Morgan fingerprint density at radius 1 is 1.28 bits per heavy atom. The molecule has 4 heterocycles. The van der Waals surface area contributed by atoms with Gasteiger partial charge in [-0.3, -0.25) is 14.6 Å². The molecule has 4 rings (SSSR count). The standard InChI is InChI=1S/C20H29N5O2.2ClH/c1-13-10-21-6-5-16(13)23-7-8-24-20(27)19-15-9-14(11-22-12-15)17-3-2-4-18(26)25(17)19;;/h5-6,10,14-15,17,19,22H,2-4,7-9,11-12H2,1H3,(H,21,23)(H,24,27);2*1H/t14-,15+,17+,19-;;/m1../s1. The molecule has 3 N–H and O–H groups in total. The molecule has 162 valence electrons. The summed E-state index contributed by atoms with van der Waals surface area (Å²) in [5.41, 5.74) is 2.11. The zero-order chi connectivity index (χ0) is 18.8. The maximum atomic E-state index is 13.0. The van der Waals surface area contributed by atoms with E-state index < -0.39 is 0 Å². The number of nitrogens with one attached hydrogen (secondary N) is 3. The maximum Gasteiger partial charge on any atom is 0.243 e. The van der Waals surface area contributed by atoms with Crippen molar-refractivity contribution in [3.05, 3.63) is 24.0 Å². The van der Waals surface area contributed by atoms with Gasteiger partial charge in [0, 0.05) is 56.1 Å². The third-order valence-electron chi connectivity index (χ3n) is 6.27. The van der Waals surface area contributed by atoms with Crippen LogP contribution < -0.4 is 16.0 Å². The van der Waals surface area contributed by atoms with Gasteiger partial charge in [0.25, 0.3) is 0 Å². The molecule has 3 saturated heterocycles. The molecule has 1 aromatic heterocycles. The third kappa shape index (κ3) is 4.95. The summed E-state index contributed by atoms with van der Waals surface area (Å²) in [6, 6.07) is 1.83. The predicted octanol–water partition coefficient (Wildman–Crippen LogP) is 1.75. The van der Waals surface area contributed by atoms with E-state index in [0.717, 1.165) is 43.6 Å². The summed E-state index contributed by atoms with van der Waals surface area (Å²) >= 11 is 0. The Morgan fingerprint density at radius 3 is 2.86 bits per heavy atom. The Balaban J connectivity index is 0.00000150. The highest BCUT2D eigenvalue weighted by Crippen LogP contribution is 2.39. The Labute approximate surface area is 184 Å². The van der Waals surface area contributed by atoms with Gasteiger partial charge in [-0.05, 0) is 50.3 Å². The van der Waals surface area contributed by atoms with E-state index in [1.807, 2.05) is 24.1 Å². The summed E-state index contributed by atoms with van der Waals surface area (Å²) in [7, 11) is 0. The topological polar surface area (TPSA) is 86.4 Å². The van der Waals surface area contributed by atoms with Crippen LogP contribution in [0.4, 0.5) is 5.69 Å². The second kappa shape index (κ2) is 10.5. The summed E-state index contributed by atoms with van der Waals surface area (Å²) in [6.45, 7) is 4.97. The van der Waals surface area contributed by atoms with E-state index in [0.29, 0.717) is 25.4 Å². The summed E-state index contributed by atoms with van der Waals surface area (Å²) in [6.07, 6.45) is 7.17. The van der Waals surface area contributed by atoms with Gasteiger partial charge in [-0.15, -0.1) is 24.8 Å². The average Bonchev–Trinajstić information content (AvgIpc) is 2.68. The number of hydrogen-bond acceptors (Lipinski definition) is 5. The van der Waals surface area contributed by atoms with Gasteiger partial charge in [0.05, 0.1) is 0 Å². The lowest BCUT2D eigenvalue weighted by Crippen LogP contribution is -2.68. The van der Waals surface area contributed by atoms with Crippen LogP contribution in [-0.4, -0.2) is 60.0 Å². The molecule has 0 aliphatic carbocycles. The number of hydrogen-bond donors (Lipinski definition) is 3. The molecular formula is C20H31Cl2N5O2. The summed E-state index contributed by atoms with van der Waals surface area (Å²) in [4.78, 5) is 31.7. The number of pyridine rings is 1. The fourth-order valence-electron chi connectivity index (χ4n) is 5.01. The number of nitrogens with zero attached hydrogens (tertiary/aromatic N) is 2. The van der Waals surface area contributed by atoms with Crippen LogP contribution in [0.15, 0.2) is 18.5 Å². The van der Waals surface area contributed by atoms with Crippen LogP contribution in [0.2, 0.25) is 0 Å². The number of carbonyl (C=O) groups excluding carboxylic acids is 2. The second-order valence-corrected chi connectivity index (χ2v) is 8.03. The monoisotopic (exact) mass is 443 g/mol. The van der Waals surface area contributed by atoms with Crippen LogP contribution in [0.5, 0.6) is 0 Å². The van der Waals surface area contributed by atoms with Gasteiger partial charge in [-0.1, -0.05) is 0 Å². The van der Waals surface area contributed by atoms with E-state index in [2.05, 4.69) is 20.9 Å². The molecule has 0 radical (unpaired) electrons. The van der Waals surface area contributed by atoms with Crippen molar-refractivity contribution >= 4 is 42.3 Å². The normalized spacial score (nSPS) is 27.8. The van der Waals surface area contributed by atoms with Crippen LogP contribution in [-0.2, 0) is 9.59 Å². The van der Waals surface area contributed by atoms with Gasteiger partial charge >= 0.3 is 0 Å². The first-order valence-electron chi connectivity index (χ1n) is 10.1. The highest BCUT2D eigenvalue weighted by Gasteiger charge is 2.50. The van der Waals surface area contributed by atoms with Crippen molar-refractivity contribution in [3.8, 4) is 0 Å². The summed E-state index contributed by atoms with van der Waals surface area (Å²) < 4.78 is 0. The number of amides is 2. The van der Waals surface area contributed by atoms with Gasteiger partial charge in [0.15, 0.2) is 0 Å². The number of rotatable bonds is 5. The molecule has 7 nitrogen and oxygen atoms in total. The molecule has 3 fully saturated rings. The molecule has 2 amide bonds. The number of fused-ring (bicyclic) bond motifs is 4. The molecule has 2 bridgehead atoms. The van der Waals surface area contributed by atoms with E-state index in [4.69, 9.17) is 0 Å². The van der Waals surface area contributed by atoms with E-state index in [-0.39, 0.29) is 54.6 Å². The Hall–Kier alpha value is -1.57. The SMILES string of the molecule is Cc1cnccc1NCCNC(=O)[C@H]1[C@@H]2CNC[C@@H](C2)[C@@H]2CCCC(=O)N21.Cl.Cl. The number of aromatic nitrogens is 1. The molecule has 3 aliphatic heterocycles. The van der Waals surface area contributed by atoms with Gasteiger partial charge in [0.2, 0.25) is 11.8 Å². The highest BCUT2D eigenvalue weighted by atomic mass is 35.5. The lowest BCUT2D eigenvalue weighted by Gasteiger charge is -2.53. The van der Waals surface area contributed by atoms with Crippen LogP contribution in [0.1, 0.15) is 31.2 Å². The Bertz CT molecular complexity index is 720. The molecule has 0 spiro atoms. The summed E-state index contributed by atoms with van der Waals surface area (Å²) in [5.74, 6) is 0.870. The first-order chi connectivity index (χ1) is 13.1. The van der Waals surface area contributed by atoms with Crippen molar-refractivity contribution in [1.29, 1.82) is 0 Å². The molecule has 1 aromatic rings. The van der Waals surface area contributed by atoms with Gasteiger partial charge < -0.3 is 20.9 Å². The number of piperidine rings is 3. The molecule has 29 heavy (non-hydrogen) atoms. The zero-order valence-electron chi connectivity index (χ0n) is 16.7. The molecule has 9 heteroatoms. The molecule has 0 aromatic carbocycles.